The minimum atomic E-state index is 0.636. The molecule has 1 aliphatic carbocycles. The maximum absolute atomic E-state index is 5.30. The van der Waals surface area contributed by atoms with E-state index in [2.05, 4.69) is 137 Å². The number of hydrogen-bond donors (Lipinski definition) is 0. The average molecular weight is 631 g/mol. The van der Waals surface area contributed by atoms with E-state index in [-0.39, 0.29) is 0 Å². The summed E-state index contributed by atoms with van der Waals surface area (Å²) in [5, 5.41) is 0. The molecular formula is C45H34N4. The molecule has 0 radical (unpaired) electrons. The van der Waals surface area contributed by atoms with E-state index in [1.165, 1.54) is 5.57 Å². The minimum absolute atomic E-state index is 0.636. The lowest BCUT2D eigenvalue weighted by Crippen LogP contribution is -2.06. The number of aromatic nitrogens is 1. The van der Waals surface area contributed by atoms with Crippen LogP contribution in [0, 0.1) is 0 Å². The highest BCUT2D eigenvalue weighted by atomic mass is 14.9. The van der Waals surface area contributed by atoms with Crippen molar-refractivity contribution in [2.45, 2.75) is 25.7 Å². The molecule has 0 amide bonds. The monoisotopic (exact) mass is 630 g/mol. The molecule has 2 aliphatic heterocycles. The summed E-state index contributed by atoms with van der Waals surface area (Å²) in [5.41, 5.74) is 16.7. The molecule has 49 heavy (non-hydrogen) atoms. The molecule has 8 rings (SSSR count). The number of allylic oxidation sites excluding steroid dienone is 6. The van der Waals surface area contributed by atoms with Crippen molar-refractivity contribution in [2.75, 3.05) is 0 Å². The average Bonchev–Trinajstić information content (AvgIpc) is 3.43. The zero-order valence-corrected chi connectivity index (χ0v) is 27.1. The van der Waals surface area contributed by atoms with Crippen molar-refractivity contribution >= 4 is 28.5 Å². The maximum Gasteiger partial charge on any atom is 0.161 e. The van der Waals surface area contributed by atoms with Crippen LogP contribution in [0.5, 0.6) is 0 Å². The highest BCUT2D eigenvalue weighted by Crippen LogP contribution is 2.31. The molecule has 4 heteroatoms. The highest BCUT2D eigenvalue weighted by Gasteiger charge is 2.17. The van der Waals surface area contributed by atoms with Gasteiger partial charge in [0.05, 0.1) is 11.4 Å². The SMILES string of the molecule is C1=CC(c2cccc(-c3ccccn3)c2)=NC(c2cc(C3=CCCC=C3)cc(-c3ccccc3)c2)=NC=1c1cccc(C2=NC=CCC2)c1. The number of amidine groups is 1. The van der Waals surface area contributed by atoms with E-state index in [4.69, 9.17) is 9.98 Å². The third-order valence-corrected chi connectivity index (χ3v) is 8.89. The second kappa shape index (κ2) is 13.9. The third kappa shape index (κ3) is 6.78. The van der Waals surface area contributed by atoms with Crippen LogP contribution in [0.15, 0.2) is 179 Å². The van der Waals surface area contributed by atoms with Crippen LogP contribution in [0.2, 0.25) is 0 Å². The maximum atomic E-state index is 5.30. The Morgan fingerprint density at radius 1 is 0.551 bits per heavy atom. The summed E-state index contributed by atoms with van der Waals surface area (Å²) in [4.78, 5) is 19.8. The Bertz CT molecular complexity index is 2290. The van der Waals surface area contributed by atoms with E-state index in [9.17, 15) is 0 Å². The van der Waals surface area contributed by atoms with E-state index >= 15 is 0 Å². The molecule has 3 heterocycles. The predicted octanol–water partition coefficient (Wildman–Crippen LogP) is 10.7. The van der Waals surface area contributed by atoms with Crippen LogP contribution >= 0.6 is 0 Å². The lowest BCUT2D eigenvalue weighted by Gasteiger charge is -2.14. The van der Waals surface area contributed by atoms with E-state index < -0.39 is 0 Å². The first-order valence-electron chi connectivity index (χ1n) is 16.8. The molecule has 0 N–H and O–H groups in total. The normalized spacial score (nSPS) is 15.5. The second-order valence-electron chi connectivity index (χ2n) is 12.2. The van der Waals surface area contributed by atoms with Crippen LogP contribution in [0.1, 0.15) is 53.5 Å². The van der Waals surface area contributed by atoms with Crippen LogP contribution in [-0.2, 0) is 0 Å². The molecule has 1 aromatic heterocycles. The number of nitrogens with zero attached hydrogens (tertiary/aromatic N) is 4. The molecule has 0 bridgehead atoms. The fourth-order valence-electron chi connectivity index (χ4n) is 6.36. The first-order valence-corrected chi connectivity index (χ1v) is 16.8. The zero-order chi connectivity index (χ0) is 32.8. The minimum Gasteiger partial charge on any atom is -0.261 e. The summed E-state index contributed by atoms with van der Waals surface area (Å²) >= 11 is 0. The molecule has 3 aliphatic rings. The van der Waals surface area contributed by atoms with Gasteiger partial charge in [-0.15, -0.1) is 0 Å². The molecule has 0 unspecified atom stereocenters. The molecule has 0 saturated carbocycles. The Balaban J connectivity index is 1.30. The van der Waals surface area contributed by atoms with Crippen LogP contribution < -0.4 is 0 Å². The summed E-state index contributed by atoms with van der Waals surface area (Å²) in [7, 11) is 0. The van der Waals surface area contributed by atoms with E-state index in [1.54, 1.807) is 0 Å². The lowest BCUT2D eigenvalue weighted by atomic mass is 9.93. The van der Waals surface area contributed by atoms with Gasteiger partial charge in [-0.3, -0.25) is 9.98 Å². The van der Waals surface area contributed by atoms with Gasteiger partial charge < -0.3 is 0 Å². The molecule has 0 saturated heterocycles. The summed E-state index contributed by atoms with van der Waals surface area (Å²) in [6.07, 6.45) is 18.6. The summed E-state index contributed by atoms with van der Waals surface area (Å²) in [6.45, 7) is 0. The standard InChI is InChI=1S/C45H34N4/c1-3-13-32(14-4-1)38-29-39(33-15-5-2-6-16-33)31-40(30-38)45-48-43(36-19-11-17-34(27-36)41-21-7-9-25-46-41)23-24-44(49-45)37-20-12-18-35(28-37)42-22-8-10-26-47-42/h1,3-5,7,9-21,23,25-31H,2,6,8,22H2. The van der Waals surface area contributed by atoms with Gasteiger partial charge in [0.1, 0.15) is 5.70 Å². The van der Waals surface area contributed by atoms with Crippen molar-refractivity contribution in [3.63, 3.8) is 0 Å². The summed E-state index contributed by atoms with van der Waals surface area (Å²) in [6, 6.07) is 40.0. The van der Waals surface area contributed by atoms with Gasteiger partial charge in [-0.05, 0) is 96.0 Å². The quantitative estimate of drug-likeness (QED) is 0.165. The van der Waals surface area contributed by atoms with Crippen molar-refractivity contribution < 1.29 is 0 Å². The first kappa shape index (κ1) is 30.1. The third-order valence-electron chi connectivity index (χ3n) is 8.89. The molecule has 4 aromatic carbocycles. The zero-order valence-electron chi connectivity index (χ0n) is 27.1. The van der Waals surface area contributed by atoms with Crippen molar-refractivity contribution in [1.29, 1.82) is 0 Å². The number of aliphatic imine (C=N–C) groups is 3. The van der Waals surface area contributed by atoms with Crippen molar-refractivity contribution in [2.24, 2.45) is 15.0 Å². The lowest BCUT2D eigenvalue weighted by molar-refractivity contribution is 1.04. The topological polar surface area (TPSA) is 50.0 Å². The van der Waals surface area contributed by atoms with Crippen molar-refractivity contribution in [1.82, 2.24) is 4.98 Å². The second-order valence-corrected chi connectivity index (χ2v) is 12.2. The Hall–Kier alpha value is -6.22. The van der Waals surface area contributed by atoms with Gasteiger partial charge in [-0.2, -0.15) is 0 Å². The summed E-state index contributed by atoms with van der Waals surface area (Å²) < 4.78 is 0. The van der Waals surface area contributed by atoms with Gasteiger partial charge in [-0.25, -0.2) is 9.98 Å². The Labute approximate surface area is 287 Å². The Morgan fingerprint density at radius 3 is 2.12 bits per heavy atom. The van der Waals surface area contributed by atoms with Gasteiger partial charge in [0.15, 0.2) is 5.84 Å². The number of rotatable bonds is 7. The fraction of sp³-hybridized carbons (Fsp3) is 0.0889. The van der Waals surface area contributed by atoms with E-state index in [0.717, 1.165) is 93.0 Å². The Kier molecular flexibility index (Phi) is 8.53. The summed E-state index contributed by atoms with van der Waals surface area (Å²) in [5.74, 6) is 0.636. The van der Waals surface area contributed by atoms with Crippen LogP contribution in [0.25, 0.3) is 33.7 Å². The molecule has 5 aromatic rings. The first-order chi connectivity index (χ1) is 24.3. The Morgan fingerprint density at radius 2 is 1.31 bits per heavy atom. The van der Waals surface area contributed by atoms with Gasteiger partial charge >= 0.3 is 0 Å². The predicted molar refractivity (Wildman–Crippen MR) is 204 cm³/mol. The molecule has 0 spiro atoms. The molecular weight excluding hydrogens is 597 g/mol. The number of benzene rings is 4. The number of pyridine rings is 1. The molecule has 4 nitrogen and oxygen atoms in total. The van der Waals surface area contributed by atoms with Crippen LogP contribution in [0.3, 0.4) is 0 Å². The molecule has 0 atom stereocenters. The van der Waals surface area contributed by atoms with Crippen LogP contribution in [-0.4, -0.2) is 22.2 Å². The van der Waals surface area contributed by atoms with Crippen LogP contribution in [0.4, 0.5) is 0 Å². The van der Waals surface area contributed by atoms with Gasteiger partial charge in [-0.1, -0.05) is 103 Å². The fourth-order valence-corrected chi connectivity index (χ4v) is 6.36. The van der Waals surface area contributed by atoms with Gasteiger partial charge in [0.25, 0.3) is 0 Å². The number of hydrogen-bond acceptors (Lipinski definition) is 4. The smallest absolute Gasteiger partial charge is 0.161 e. The van der Waals surface area contributed by atoms with Gasteiger partial charge in [0, 0.05) is 46.4 Å². The highest BCUT2D eigenvalue weighted by molar-refractivity contribution is 6.19. The van der Waals surface area contributed by atoms with E-state index in [1.807, 2.05) is 36.7 Å². The van der Waals surface area contributed by atoms with Crippen molar-refractivity contribution in [3.8, 4) is 22.4 Å². The molecule has 0 fully saturated rings. The van der Waals surface area contributed by atoms with E-state index in [0.29, 0.717) is 5.84 Å². The van der Waals surface area contributed by atoms with Crippen molar-refractivity contribution in [3.05, 3.63) is 192 Å². The molecule has 234 valence electrons. The van der Waals surface area contributed by atoms with Gasteiger partial charge in [0.2, 0.25) is 0 Å². The largest absolute Gasteiger partial charge is 0.261 e.